The van der Waals surface area contributed by atoms with Crippen molar-refractivity contribution < 1.29 is 14.6 Å². The highest BCUT2D eigenvalue weighted by molar-refractivity contribution is 6.02. The summed E-state index contributed by atoms with van der Waals surface area (Å²) in [7, 11) is 1.52. The summed E-state index contributed by atoms with van der Waals surface area (Å²) in [6.07, 6.45) is 0.189. The van der Waals surface area contributed by atoms with Crippen molar-refractivity contribution in [2.45, 2.75) is 6.42 Å². The number of amides is 1. The maximum Gasteiger partial charge on any atom is 0.228 e. The molecule has 0 saturated heterocycles. The number of benzene rings is 3. The minimum Gasteiger partial charge on any atom is -0.504 e. The molecule has 1 aromatic heterocycles. The van der Waals surface area contributed by atoms with Crippen molar-refractivity contribution in [2.24, 2.45) is 0 Å². The molecule has 1 amide bonds. The second-order valence-corrected chi connectivity index (χ2v) is 7.41. The third kappa shape index (κ3) is 3.40. The highest BCUT2D eigenvalue weighted by Crippen LogP contribution is 2.41. The molecule has 5 nitrogen and oxygen atoms in total. The molecule has 2 N–H and O–H groups in total. The van der Waals surface area contributed by atoms with E-state index in [1.807, 2.05) is 66.7 Å². The molecule has 0 fully saturated rings. The molecule has 5 heteroatoms. The van der Waals surface area contributed by atoms with Gasteiger partial charge in [-0.1, -0.05) is 54.6 Å². The van der Waals surface area contributed by atoms with E-state index in [2.05, 4.69) is 5.32 Å². The summed E-state index contributed by atoms with van der Waals surface area (Å²) in [5.74, 6) is 0.347. The fourth-order valence-corrected chi connectivity index (χ4v) is 4.00. The number of carbonyl (C=O) groups excluding carboxylic acids is 1. The minimum atomic E-state index is -0.0977. The molecular formula is C26H20N2O3. The van der Waals surface area contributed by atoms with Gasteiger partial charge in [0.15, 0.2) is 11.5 Å². The largest absolute Gasteiger partial charge is 0.504 e. The Morgan fingerprint density at radius 1 is 0.903 bits per heavy atom. The molecule has 0 aliphatic carbocycles. The fraction of sp³-hybridized carbons (Fsp3) is 0.0769. The number of hydrogen-bond acceptors (Lipinski definition) is 4. The molecule has 0 spiro atoms. The lowest BCUT2D eigenvalue weighted by Crippen LogP contribution is -2.13. The Balaban J connectivity index is 1.82. The van der Waals surface area contributed by atoms with Crippen LogP contribution in [-0.4, -0.2) is 23.1 Å². The van der Waals surface area contributed by atoms with Gasteiger partial charge < -0.3 is 15.2 Å². The number of anilines is 1. The SMILES string of the molecule is COc1ccc(-c2cc(-c3ccccc3)nc3c2CC(=O)Nc2ccccc2-3)cc1O. The van der Waals surface area contributed by atoms with Crippen LogP contribution in [0, 0.1) is 0 Å². The number of nitrogens with zero attached hydrogens (tertiary/aromatic N) is 1. The first-order chi connectivity index (χ1) is 15.1. The number of aromatic hydroxyl groups is 1. The van der Waals surface area contributed by atoms with Crippen molar-refractivity contribution in [3.63, 3.8) is 0 Å². The molecule has 31 heavy (non-hydrogen) atoms. The first-order valence-electron chi connectivity index (χ1n) is 10.00. The average Bonchev–Trinajstić information content (AvgIpc) is 2.94. The highest BCUT2D eigenvalue weighted by atomic mass is 16.5. The number of carbonyl (C=O) groups is 1. The van der Waals surface area contributed by atoms with Crippen molar-refractivity contribution in [3.05, 3.63) is 84.4 Å². The summed E-state index contributed by atoms with van der Waals surface area (Å²) in [6, 6.07) is 24.9. The molecule has 0 saturated carbocycles. The Morgan fingerprint density at radius 3 is 2.45 bits per heavy atom. The Labute approximate surface area is 180 Å². The Kier molecular flexibility index (Phi) is 4.64. The lowest BCUT2D eigenvalue weighted by molar-refractivity contribution is -0.115. The number of phenolic OH excluding ortho intramolecular Hbond substituents is 1. The number of ether oxygens (including phenoxy) is 1. The van der Waals surface area contributed by atoms with Gasteiger partial charge in [-0.05, 0) is 41.0 Å². The van der Waals surface area contributed by atoms with Crippen molar-refractivity contribution in [2.75, 3.05) is 12.4 Å². The van der Waals surface area contributed by atoms with Crippen molar-refractivity contribution in [3.8, 4) is 45.1 Å². The zero-order valence-electron chi connectivity index (χ0n) is 16.9. The van der Waals surface area contributed by atoms with E-state index in [0.717, 1.165) is 44.9 Å². The molecule has 0 radical (unpaired) electrons. The van der Waals surface area contributed by atoms with Gasteiger partial charge in [-0.25, -0.2) is 4.98 Å². The van der Waals surface area contributed by atoms with E-state index in [1.54, 1.807) is 12.1 Å². The van der Waals surface area contributed by atoms with Gasteiger partial charge in [0.1, 0.15) is 0 Å². The zero-order valence-corrected chi connectivity index (χ0v) is 16.9. The molecule has 152 valence electrons. The van der Waals surface area contributed by atoms with Crippen molar-refractivity contribution in [1.82, 2.24) is 4.98 Å². The molecule has 1 aliphatic rings. The monoisotopic (exact) mass is 408 g/mol. The van der Waals surface area contributed by atoms with Gasteiger partial charge in [0.25, 0.3) is 0 Å². The lowest BCUT2D eigenvalue weighted by Gasteiger charge is -2.16. The van der Waals surface area contributed by atoms with E-state index >= 15 is 0 Å². The summed E-state index contributed by atoms with van der Waals surface area (Å²) < 4.78 is 5.20. The van der Waals surface area contributed by atoms with Crippen LogP contribution in [0.3, 0.4) is 0 Å². The summed E-state index contributed by atoms with van der Waals surface area (Å²) in [5, 5.41) is 13.4. The van der Waals surface area contributed by atoms with E-state index in [9.17, 15) is 9.90 Å². The quantitative estimate of drug-likeness (QED) is 0.483. The number of rotatable bonds is 3. The van der Waals surface area contributed by atoms with Crippen LogP contribution in [0.2, 0.25) is 0 Å². The van der Waals surface area contributed by atoms with Crippen LogP contribution in [0.5, 0.6) is 11.5 Å². The average molecular weight is 408 g/mol. The maximum absolute atomic E-state index is 12.7. The number of phenols is 1. The van der Waals surface area contributed by atoms with Gasteiger partial charge in [-0.15, -0.1) is 0 Å². The van der Waals surface area contributed by atoms with E-state index in [-0.39, 0.29) is 18.1 Å². The summed E-state index contributed by atoms with van der Waals surface area (Å²) in [4.78, 5) is 17.7. The molecule has 0 unspecified atom stereocenters. The van der Waals surface area contributed by atoms with Crippen LogP contribution >= 0.6 is 0 Å². The van der Waals surface area contributed by atoms with Crippen molar-refractivity contribution >= 4 is 11.6 Å². The van der Waals surface area contributed by atoms with Gasteiger partial charge in [-0.2, -0.15) is 0 Å². The summed E-state index contributed by atoms with van der Waals surface area (Å²) in [6.45, 7) is 0. The van der Waals surface area contributed by atoms with Crippen LogP contribution in [0.4, 0.5) is 5.69 Å². The molecule has 1 aliphatic heterocycles. The third-order valence-electron chi connectivity index (χ3n) is 5.48. The third-order valence-corrected chi connectivity index (χ3v) is 5.48. The predicted molar refractivity (Wildman–Crippen MR) is 121 cm³/mol. The number of aromatic nitrogens is 1. The van der Waals surface area contributed by atoms with Crippen LogP contribution < -0.4 is 10.1 Å². The smallest absolute Gasteiger partial charge is 0.228 e. The van der Waals surface area contributed by atoms with Crippen LogP contribution in [0.15, 0.2) is 78.9 Å². The predicted octanol–water partition coefficient (Wildman–Crippen LogP) is 5.29. The second kappa shape index (κ2) is 7.61. The molecule has 3 aromatic carbocycles. The number of hydrogen-bond donors (Lipinski definition) is 2. The molecular weight excluding hydrogens is 388 g/mol. The standard InChI is InChI=1S/C26H20N2O3/c1-31-24-12-11-17(13-23(24)29)19-14-22(16-7-3-2-4-8-16)28-26-18-9-5-6-10-21(18)27-25(30)15-20(19)26/h2-14,29H,15H2,1H3,(H,27,30). The van der Waals surface area contributed by atoms with Gasteiger partial charge in [-0.3, -0.25) is 4.79 Å². The normalized spacial score (nSPS) is 12.4. The summed E-state index contributed by atoms with van der Waals surface area (Å²) >= 11 is 0. The number of nitrogens with one attached hydrogen (secondary N) is 1. The Hall–Kier alpha value is -4.12. The van der Waals surface area contributed by atoms with Crippen LogP contribution in [0.1, 0.15) is 5.56 Å². The summed E-state index contributed by atoms with van der Waals surface area (Å²) in [5.41, 5.74) is 6.63. The van der Waals surface area contributed by atoms with Crippen LogP contribution in [-0.2, 0) is 11.2 Å². The number of fused-ring (bicyclic) bond motifs is 3. The minimum absolute atomic E-state index is 0.0466. The zero-order chi connectivity index (χ0) is 21.4. The number of pyridine rings is 1. The van der Waals surface area contributed by atoms with Gasteiger partial charge >= 0.3 is 0 Å². The topological polar surface area (TPSA) is 71.5 Å². The van der Waals surface area contributed by atoms with E-state index in [1.165, 1.54) is 7.11 Å². The number of methoxy groups -OCH3 is 1. The first-order valence-corrected chi connectivity index (χ1v) is 10.00. The van der Waals surface area contributed by atoms with E-state index in [0.29, 0.717) is 5.75 Å². The van der Waals surface area contributed by atoms with Crippen molar-refractivity contribution in [1.29, 1.82) is 0 Å². The molecule has 0 atom stereocenters. The van der Waals surface area contributed by atoms with E-state index in [4.69, 9.17) is 9.72 Å². The first kappa shape index (κ1) is 18.9. The Morgan fingerprint density at radius 2 is 1.68 bits per heavy atom. The second-order valence-electron chi connectivity index (χ2n) is 7.41. The molecule has 2 heterocycles. The molecule has 5 rings (SSSR count). The lowest BCUT2D eigenvalue weighted by atomic mass is 9.92. The molecule has 0 bridgehead atoms. The number of para-hydroxylation sites is 1. The van der Waals surface area contributed by atoms with Gasteiger partial charge in [0.2, 0.25) is 5.91 Å². The van der Waals surface area contributed by atoms with Crippen LogP contribution in [0.25, 0.3) is 33.6 Å². The van der Waals surface area contributed by atoms with Gasteiger partial charge in [0.05, 0.1) is 30.6 Å². The maximum atomic E-state index is 12.7. The Bertz CT molecular complexity index is 1300. The fourth-order valence-electron chi connectivity index (χ4n) is 4.00. The van der Waals surface area contributed by atoms with E-state index < -0.39 is 0 Å². The highest BCUT2D eigenvalue weighted by Gasteiger charge is 2.24. The molecule has 4 aromatic rings. The van der Waals surface area contributed by atoms with Gasteiger partial charge in [0, 0.05) is 11.1 Å².